The van der Waals surface area contributed by atoms with Crippen LogP contribution in [0.25, 0.3) is 0 Å². The number of benzene rings is 1. The first-order chi connectivity index (χ1) is 9.69. The van der Waals surface area contributed by atoms with E-state index in [9.17, 15) is 8.42 Å². The monoisotopic (exact) mass is 310 g/mol. The van der Waals surface area contributed by atoms with Crippen molar-refractivity contribution in [3.8, 4) is 0 Å². The van der Waals surface area contributed by atoms with Gasteiger partial charge in [-0.1, -0.05) is 26.3 Å². The molecule has 0 aliphatic heterocycles. The van der Waals surface area contributed by atoms with Crippen LogP contribution in [0.2, 0.25) is 0 Å². The van der Waals surface area contributed by atoms with Gasteiger partial charge in [-0.2, -0.15) is 0 Å². The molecule has 0 aromatic heterocycles. The second kappa shape index (κ2) is 5.97. The minimum absolute atomic E-state index is 0.210. The van der Waals surface area contributed by atoms with Crippen molar-refractivity contribution < 1.29 is 8.42 Å². The Hall–Kier alpha value is -1.07. The van der Waals surface area contributed by atoms with Gasteiger partial charge in [0.25, 0.3) is 0 Å². The van der Waals surface area contributed by atoms with Gasteiger partial charge in [-0.3, -0.25) is 0 Å². The second-order valence-corrected chi connectivity index (χ2v) is 8.44. The van der Waals surface area contributed by atoms with E-state index < -0.39 is 10.0 Å². The minimum Gasteiger partial charge on any atom is -0.382 e. The summed E-state index contributed by atoms with van der Waals surface area (Å²) >= 11 is 0. The Balaban J connectivity index is 2.17. The first kappa shape index (κ1) is 16.3. The third-order valence-electron chi connectivity index (χ3n) is 4.53. The molecule has 1 aromatic rings. The summed E-state index contributed by atoms with van der Waals surface area (Å²) in [6.45, 7) is 6.45. The lowest BCUT2D eigenvalue weighted by molar-refractivity contribution is 0.313. The van der Waals surface area contributed by atoms with Crippen LogP contribution in [0.5, 0.6) is 0 Å². The van der Waals surface area contributed by atoms with Crippen molar-refractivity contribution in [2.24, 2.45) is 10.6 Å². The molecule has 0 heterocycles. The van der Waals surface area contributed by atoms with Gasteiger partial charge in [0.2, 0.25) is 10.0 Å². The van der Waals surface area contributed by atoms with E-state index in [0.29, 0.717) is 17.0 Å². The van der Waals surface area contributed by atoms with Gasteiger partial charge in [-0.25, -0.2) is 13.6 Å². The number of hydrogen-bond donors (Lipinski definition) is 2. The van der Waals surface area contributed by atoms with Crippen molar-refractivity contribution in [3.05, 3.63) is 23.8 Å². The fraction of sp³-hybridized carbons (Fsp3) is 0.625. The van der Waals surface area contributed by atoms with Crippen molar-refractivity contribution in [3.63, 3.8) is 0 Å². The number of anilines is 1. The maximum Gasteiger partial charge on any atom is 0.238 e. The standard InChI is InChI=1S/C16H26N2O2S/c1-12-14(7-4-8-15(12)21(17,19)20)18-13-6-5-10-16(2,3)11-9-13/h4,7-8,13,18H,5-6,9-11H2,1-3H3,(H2,17,19,20). The molecule has 1 saturated carbocycles. The summed E-state index contributed by atoms with van der Waals surface area (Å²) in [7, 11) is -3.66. The molecule has 4 nitrogen and oxygen atoms in total. The SMILES string of the molecule is Cc1c(NC2CCCC(C)(C)CC2)cccc1S(N)(=O)=O. The molecule has 118 valence electrons. The molecular weight excluding hydrogens is 284 g/mol. The van der Waals surface area contributed by atoms with Crippen LogP contribution in [0.4, 0.5) is 5.69 Å². The maximum atomic E-state index is 11.6. The Labute approximate surface area is 128 Å². The van der Waals surface area contributed by atoms with E-state index in [-0.39, 0.29) is 4.90 Å². The average Bonchev–Trinajstić information content (AvgIpc) is 2.52. The Morgan fingerprint density at radius 1 is 1.24 bits per heavy atom. The molecule has 1 unspecified atom stereocenters. The highest BCUT2D eigenvalue weighted by Gasteiger charge is 2.24. The van der Waals surface area contributed by atoms with Crippen LogP contribution in [0.3, 0.4) is 0 Å². The molecule has 1 aliphatic carbocycles. The third kappa shape index (κ3) is 4.20. The zero-order valence-corrected chi connectivity index (χ0v) is 14.0. The number of sulfonamides is 1. The lowest BCUT2D eigenvalue weighted by atomic mass is 9.85. The van der Waals surface area contributed by atoms with E-state index in [1.54, 1.807) is 12.1 Å². The lowest BCUT2D eigenvalue weighted by Crippen LogP contribution is -2.21. The maximum absolute atomic E-state index is 11.6. The predicted molar refractivity (Wildman–Crippen MR) is 86.8 cm³/mol. The van der Waals surface area contributed by atoms with Gasteiger partial charge in [0.15, 0.2) is 0 Å². The zero-order chi connectivity index (χ0) is 15.7. The van der Waals surface area contributed by atoms with Gasteiger partial charge in [-0.15, -0.1) is 0 Å². The number of rotatable bonds is 3. The molecule has 3 N–H and O–H groups in total. The van der Waals surface area contributed by atoms with Gasteiger partial charge in [0.1, 0.15) is 0 Å². The normalized spacial score (nSPS) is 22.6. The third-order valence-corrected chi connectivity index (χ3v) is 5.58. The number of nitrogens with two attached hydrogens (primary N) is 1. The van der Waals surface area contributed by atoms with Gasteiger partial charge >= 0.3 is 0 Å². The molecule has 0 bridgehead atoms. The van der Waals surface area contributed by atoms with Gasteiger partial charge in [0.05, 0.1) is 4.90 Å². The second-order valence-electron chi connectivity index (χ2n) is 6.91. The minimum atomic E-state index is -3.66. The Kier molecular flexibility index (Phi) is 4.63. The molecule has 21 heavy (non-hydrogen) atoms. The van der Waals surface area contributed by atoms with Crippen LogP contribution in [0.1, 0.15) is 51.5 Å². The molecule has 1 fully saturated rings. The Morgan fingerprint density at radius 3 is 2.62 bits per heavy atom. The highest BCUT2D eigenvalue weighted by molar-refractivity contribution is 7.89. The highest BCUT2D eigenvalue weighted by Crippen LogP contribution is 2.35. The average molecular weight is 310 g/mol. The molecule has 0 amide bonds. The van der Waals surface area contributed by atoms with Crippen LogP contribution in [-0.4, -0.2) is 14.5 Å². The Bertz CT molecular complexity index is 609. The van der Waals surface area contributed by atoms with E-state index in [4.69, 9.17) is 5.14 Å². The smallest absolute Gasteiger partial charge is 0.238 e. The zero-order valence-electron chi connectivity index (χ0n) is 13.1. The molecule has 1 atom stereocenters. The molecular formula is C16H26N2O2S. The highest BCUT2D eigenvalue weighted by atomic mass is 32.2. The predicted octanol–water partition coefficient (Wildman–Crippen LogP) is 3.41. The van der Waals surface area contributed by atoms with Crippen molar-refractivity contribution >= 4 is 15.7 Å². The van der Waals surface area contributed by atoms with Gasteiger partial charge in [0, 0.05) is 11.7 Å². The molecule has 0 spiro atoms. The van der Waals surface area contributed by atoms with Gasteiger partial charge < -0.3 is 5.32 Å². The van der Waals surface area contributed by atoms with E-state index in [1.165, 1.54) is 19.3 Å². The number of primary sulfonamides is 1. The molecule has 0 radical (unpaired) electrons. The molecule has 1 aliphatic rings. The van der Waals surface area contributed by atoms with Crippen LogP contribution in [0.15, 0.2) is 23.1 Å². The number of nitrogens with one attached hydrogen (secondary N) is 1. The summed E-state index contributed by atoms with van der Waals surface area (Å²) < 4.78 is 23.2. The fourth-order valence-electron chi connectivity index (χ4n) is 3.10. The molecule has 5 heteroatoms. The van der Waals surface area contributed by atoms with Crippen molar-refractivity contribution in [2.45, 2.75) is 63.8 Å². The van der Waals surface area contributed by atoms with Gasteiger partial charge in [-0.05, 0) is 55.7 Å². The summed E-state index contributed by atoms with van der Waals surface area (Å²) in [6.07, 6.45) is 5.90. The molecule has 2 rings (SSSR count). The topological polar surface area (TPSA) is 72.2 Å². The largest absolute Gasteiger partial charge is 0.382 e. The first-order valence-corrected chi connectivity index (χ1v) is 9.13. The van der Waals surface area contributed by atoms with E-state index in [0.717, 1.165) is 18.5 Å². The summed E-state index contributed by atoms with van der Waals surface area (Å²) in [5, 5.41) is 8.78. The molecule has 1 aromatic carbocycles. The van der Waals surface area contributed by atoms with Crippen molar-refractivity contribution in [2.75, 3.05) is 5.32 Å². The van der Waals surface area contributed by atoms with Crippen LogP contribution < -0.4 is 10.5 Å². The molecule has 0 saturated heterocycles. The van der Waals surface area contributed by atoms with E-state index >= 15 is 0 Å². The van der Waals surface area contributed by atoms with Crippen LogP contribution in [0, 0.1) is 12.3 Å². The first-order valence-electron chi connectivity index (χ1n) is 7.58. The summed E-state index contributed by atoms with van der Waals surface area (Å²) in [4.78, 5) is 0.210. The van der Waals surface area contributed by atoms with E-state index in [1.807, 2.05) is 13.0 Å². The van der Waals surface area contributed by atoms with Crippen molar-refractivity contribution in [1.82, 2.24) is 0 Å². The quantitative estimate of drug-likeness (QED) is 0.840. The lowest BCUT2D eigenvalue weighted by Gasteiger charge is -2.23. The van der Waals surface area contributed by atoms with Crippen molar-refractivity contribution in [1.29, 1.82) is 0 Å². The number of hydrogen-bond acceptors (Lipinski definition) is 3. The Morgan fingerprint density at radius 2 is 1.95 bits per heavy atom. The fourth-order valence-corrected chi connectivity index (χ4v) is 3.91. The summed E-state index contributed by atoms with van der Waals surface area (Å²) in [6, 6.07) is 5.64. The summed E-state index contributed by atoms with van der Waals surface area (Å²) in [5.74, 6) is 0. The summed E-state index contributed by atoms with van der Waals surface area (Å²) in [5.41, 5.74) is 2.00. The van der Waals surface area contributed by atoms with Crippen LogP contribution >= 0.6 is 0 Å². The van der Waals surface area contributed by atoms with E-state index in [2.05, 4.69) is 19.2 Å². The van der Waals surface area contributed by atoms with Crippen LogP contribution in [-0.2, 0) is 10.0 Å².